The Labute approximate surface area is 265 Å². The van der Waals surface area contributed by atoms with Crippen molar-refractivity contribution in [3.63, 3.8) is 0 Å². The first-order chi connectivity index (χ1) is 20.3. The first-order valence-electron chi connectivity index (χ1n) is 14.1. The van der Waals surface area contributed by atoms with E-state index in [4.69, 9.17) is 27.9 Å². The fourth-order valence-corrected chi connectivity index (χ4v) is 6.28. The van der Waals surface area contributed by atoms with E-state index < -0.39 is 28.5 Å². The van der Waals surface area contributed by atoms with Crippen LogP contribution in [0.5, 0.6) is 5.75 Å². The smallest absolute Gasteiger partial charge is 0.264 e. The summed E-state index contributed by atoms with van der Waals surface area (Å²) in [7, 11) is -2.80. The summed E-state index contributed by atoms with van der Waals surface area (Å²) >= 11 is 12.4. The summed E-state index contributed by atoms with van der Waals surface area (Å²) in [6, 6.07) is 15.5. The average Bonchev–Trinajstić information content (AvgIpc) is 2.97. The van der Waals surface area contributed by atoms with Gasteiger partial charge in [-0.25, -0.2) is 8.42 Å². The summed E-state index contributed by atoms with van der Waals surface area (Å²) in [5.74, 6) is -0.616. The Kier molecular flexibility index (Phi) is 11.9. The van der Waals surface area contributed by atoms with Gasteiger partial charge in [-0.2, -0.15) is 0 Å². The van der Waals surface area contributed by atoms with Gasteiger partial charge < -0.3 is 15.0 Å². The van der Waals surface area contributed by atoms with E-state index in [-0.39, 0.29) is 34.8 Å². The quantitative estimate of drug-likeness (QED) is 0.227. The number of benzene rings is 3. The third kappa shape index (κ3) is 8.43. The minimum Gasteiger partial charge on any atom is -0.495 e. The van der Waals surface area contributed by atoms with Crippen molar-refractivity contribution >= 4 is 50.7 Å². The molecule has 3 rings (SSSR count). The number of halogens is 2. The number of amides is 2. The molecule has 2 amide bonds. The molecule has 43 heavy (non-hydrogen) atoms. The number of nitrogens with one attached hydrogen (secondary N) is 1. The molecule has 0 saturated carbocycles. The SMILES string of the molecule is CCC(C)NC(=O)C(CC)N(Cc1ccc(Cl)c(Cl)c1)C(=O)CN(c1cc(C)ccc1OC)S(=O)(=O)c1ccc(C)cc1. The lowest BCUT2D eigenvalue weighted by Crippen LogP contribution is -2.53. The maximum atomic E-state index is 14.3. The maximum Gasteiger partial charge on any atom is 0.264 e. The fourth-order valence-electron chi connectivity index (χ4n) is 4.54. The lowest BCUT2D eigenvalue weighted by Gasteiger charge is -2.34. The highest BCUT2D eigenvalue weighted by Gasteiger charge is 2.35. The second-order valence-electron chi connectivity index (χ2n) is 10.5. The molecule has 0 heterocycles. The molecule has 0 spiro atoms. The molecular weight excluding hydrogens is 609 g/mol. The summed E-state index contributed by atoms with van der Waals surface area (Å²) in [5.41, 5.74) is 2.52. The van der Waals surface area contributed by atoms with Crippen LogP contribution in [0.1, 0.15) is 50.3 Å². The minimum atomic E-state index is -4.24. The largest absolute Gasteiger partial charge is 0.495 e. The molecule has 0 bridgehead atoms. The van der Waals surface area contributed by atoms with Crippen molar-refractivity contribution in [3.8, 4) is 5.75 Å². The lowest BCUT2D eigenvalue weighted by molar-refractivity contribution is -0.140. The molecule has 2 unspecified atom stereocenters. The Bertz CT molecular complexity index is 1550. The zero-order chi connectivity index (χ0) is 31.9. The maximum absolute atomic E-state index is 14.3. The summed E-state index contributed by atoms with van der Waals surface area (Å²) in [6.45, 7) is 8.75. The van der Waals surface area contributed by atoms with E-state index in [2.05, 4.69) is 5.32 Å². The second-order valence-corrected chi connectivity index (χ2v) is 13.2. The molecule has 3 aromatic rings. The number of rotatable bonds is 13. The molecular formula is C32H39Cl2N3O5S. The monoisotopic (exact) mass is 647 g/mol. The summed E-state index contributed by atoms with van der Waals surface area (Å²) in [5, 5.41) is 3.62. The first-order valence-corrected chi connectivity index (χ1v) is 16.3. The molecule has 0 aliphatic heterocycles. The number of sulfonamides is 1. The summed E-state index contributed by atoms with van der Waals surface area (Å²) in [6.07, 6.45) is 1.01. The topological polar surface area (TPSA) is 96.0 Å². The number of anilines is 1. The van der Waals surface area contributed by atoms with Gasteiger partial charge in [-0.05, 0) is 81.1 Å². The summed E-state index contributed by atoms with van der Waals surface area (Å²) < 4.78 is 34.9. The number of aryl methyl sites for hydroxylation is 2. The molecule has 0 saturated heterocycles. The van der Waals surface area contributed by atoms with Crippen molar-refractivity contribution in [2.24, 2.45) is 0 Å². The molecule has 11 heteroatoms. The number of methoxy groups -OCH3 is 1. The van der Waals surface area contributed by atoms with Gasteiger partial charge in [0.15, 0.2) is 0 Å². The van der Waals surface area contributed by atoms with Crippen LogP contribution in [0.2, 0.25) is 10.0 Å². The van der Waals surface area contributed by atoms with Crippen LogP contribution in [-0.2, 0) is 26.2 Å². The number of hydrogen-bond donors (Lipinski definition) is 1. The normalized spacial score (nSPS) is 12.7. The number of nitrogens with zero attached hydrogens (tertiary/aromatic N) is 2. The predicted molar refractivity (Wildman–Crippen MR) is 172 cm³/mol. The Balaban J connectivity index is 2.14. The lowest BCUT2D eigenvalue weighted by atomic mass is 10.1. The van der Waals surface area contributed by atoms with Crippen LogP contribution >= 0.6 is 23.2 Å². The van der Waals surface area contributed by atoms with Crippen LogP contribution in [0.25, 0.3) is 0 Å². The predicted octanol–water partition coefficient (Wildman–Crippen LogP) is 6.54. The van der Waals surface area contributed by atoms with Gasteiger partial charge in [-0.1, -0.05) is 66.9 Å². The molecule has 0 aliphatic rings. The number of ether oxygens (including phenoxy) is 1. The Morgan fingerprint density at radius 2 is 1.56 bits per heavy atom. The van der Waals surface area contributed by atoms with Gasteiger partial charge in [0, 0.05) is 12.6 Å². The van der Waals surface area contributed by atoms with Crippen LogP contribution in [0.4, 0.5) is 5.69 Å². The molecule has 3 aromatic carbocycles. The van der Waals surface area contributed by atoms with Crippen LogP contribution < -0.4 is 14.4 Å². The van der Waals surface area contributed by atoms with Crippen LogP contribution in [0, 0.1) is 13.8 Å². The van der Waals surface area contributed by atoms with Gasteiger partial charge >= 0.3 is 0 Å². The van der Waals surface area contributed by atoms with Gasteiger partial charge in [-0.3, -0.25) is 13.9 Å². The van der Waals surface area contributed by atoms with Gasteiger partial charge in [0.25, 0.3) is 10.0 Å². The second kappa shape index (κ2) is 14.9. The van der Waals surface area contributed by atoms with Gasteiger partial charge in [0.05, 0.1) is 27.7 Å². The average molecular weight is 649 g/mol. The van der Waals surface area contributed by atoms with Crippen molar-refractivity contribution in [2.45, 2.75) is 71.0 Å². The molecule has 0 fully saturated rings. The van der Waals surface area contributed by atoms with Crippen molar-refractivity contribution in [1.82, 2.24) is 10.2 Å². The van der Waals surface area contributed by atoms with E-state index in [0.717, 1.165) is 15.4 Å². The minimum absolute atomic E-state index is 0.00548. The number of hydrogen-bond acceptors (Lipinski definition) is 5. The van der Waals surface area contributed by atoms with Crippen LogP contribution in [0.3, 0.4) is 0 Å². The Hall–Kier alpha value is -3.27. The highest BCUT2D eigenvalue weighted by Crippen LogP contribution is 2.34. The molecule has 2 atom stereocenters. The molecule has 8 nitrogen and oxygen atoms in total. The van der Waals surface area contributed by atoms with E-state index in [9.17, 15) is 18.0 Å². The van der Waals surface area contributed by atoms with E-state index in [0.29, 0.717) is 28.5 Å². The fraction of sp³-hybridized carbons (Fsp3) is 0.375. The Morgan fingerprint density at radius 3 is 2.14 bits per heavy atom. The molecule has 0 aliphatic carbocycles. The zero-order valence-electron chi connectivity index (χ0n) is 25.4. The number of carbonyl (C=O) groups is 2. The Morgan fingerprint density at radius 1 is 0.907 bits per heavy atom. The zero-order valence-corrected chi connectivity index (χ0v) is 27.7. The van der Waals surface area contributed by atoms with E-state index >= 15 is 0 Å². The van der Waals surface area contributed by atoms with Crippen molar-refractivity contribution in [2.75, 3.05) is 18.0 Å². The van der Waals surface area contributed by atoms with Gasteiger partial charge in [0.2, 0.25) is 11.8 Å². The van der Waals surface area contributed by atoms with Crippen molar-refractivity contribution in [3.05, 3.63) is 87.4 Å². The summed E-state index contributed by atoms with van der Waals surface area (Å²) in [4.78, 5) is 29.2. The van der Waals surface area contributed by atoms with Crippen molar-refractivity contribution < 1.29 is 22.7 Å². The molecule has 232 valence electrons. The number of carbonyl (C=O) groups excluding carboxylic acids is 2. The highest BCUT2D eigenvalue weighted by atomic mass is 35.5. The van der Waals surface area contributed by atoms with Crippen molar-refractivity contribution in [1.29, 1.82) is 0 Å². The molecule has 0 radical (unpaired) electrons. The van der Waals surface area contributed by atoms with Gasteiger partial charge in [-0.15, -0.1) is 0 Å². The highest BCUT2D eigenvalue weighted by molar-refractivity contribution is 7.92. The van der Waals surface area contributed by atoms with Crippen LogP contribution in [-0.4, -0.2) is 50.9 Å². The van der Waals surface area contributed by atoms with Crippen LogP contribution in [0.15, 0.2) is 65.6 Å². The third-order valence-corrected chi connectivity index (χ3v) is 9.73. The molecule has 0 aromatic heterocycles. The van der Waals surface area contributed by atoms with E-state index in [1.54, 1.807) is 55.5 Å². The van der Waals surface area contributed by atoms with Gasteiger partial charge in [0.1, 0.15) is 18.3 Å². The molecule has 1 N–H and O–H groups in total. The third-order valence-electron chi connectivity index (χ3n) is 7.21. The first kappa shape index (κ1) is 34.2. The van der Waals surface area contributed by atoms with E-state index in [1.165, 1.54) is 24.1 Å². The van der Waals surface area contributed by atoms with E-state index in [1.807, 2.05) is 27.7 Å². The standard InChI is InChI=1S/C32H39Cl2N3O5S/c1-7-23(5)35-32(39)28(8-2)36(19-24-12-15-26(33)27(34)18-24)31(38)20-37(29-17-22(4)11-16-30(29)42-6)43(40,41)25-13-9-21(3)10-14-25/h9-18,23,28H,7-8,19-20H2,1-6H3,(H,35,39).